The fraction of sp³-hybridized carbons (Fsp3) is 0.526. The van der Waals surface area contributed by atoms with E-state index in [4.69, 9.17) is 5.11 Å². The largest absolute Gasteiger partial charge is 0.388 e. The SMILES string of the molecule is CN(c1ncnc2[nH]ccc12)C1C[C@@]2(C)CN(C(=O)Nc3nc(CO)ns3)C[C@@]2(I)C1. The zero-order chi connectivity index (χ0) is 21.8. The first-order chi connectivity index (χ1) is 14.8. The third kappa shape index (κ3) is 3.44. The first-order valence-electron chi connectivity index (χ1n) is 10.0. The molecular formula is C19H23IN8O2S. The van der Waals surface area contributed by atoms with Gasteiger partial charge in [-0.15, -0.1) is 0 Å². The number of fused-ring (bicyclic) bond motifs is 2. The van der Waals surface area contributed by atoms with Crippen molar-refractivity contribution >= 4 is 62.1 Å². The van der Waals surface area contributed by atoms with Crippen LogP contribution >= 0.6 is 34.1 Å². The van der Waals surface area contributed by atoms with Crippen LogP contribution < -0.4 is 10.2 Å². The lowest BCUT2D eigenvalue weighted by atomic mass is 9.83. The Morgan fingerprint density at radius 1 is 1.45 bits per heavy atom. The number of aromatic nitrogens is 5. The van der Waals surface area contributed by atoms with Crippen LogP contribution in [0.15, 0.2) is 18.6 Å². The topological polar surface area (TPSA) is 123 Å². The molecule has 10 nitrogen and oxygen atoms in total. The Morgan fingerprint density at radius 2 is 2.29 bits per heavy atom. The minimum atomic E-state index is -0.235. The number of alkyl halides is 1. The Balaban J connectivity index is 1.30. The van der Waals surface area contributed by atoms with Crippen molar-refractivity contribution in [3.05, 3.63) is 24.4 Å². The van der Waals surface area contributed by atoms with Crippen LogP contribution in [0, 0.1) is 5.41 Å². The van der Waals surface area contributed by atoms with Gasteiger partial charge in [-0.1, -0.05) is 29.5 Å². The minimum Gasteiger partial charge on any atom is -0.388 e. The van der Waals surface area contributed by atoms with Gasteiger partial charge in [0, 0.05) is 52.7 Å². The van der Waals surface area contributed by atoms with E-state index in [1.807, 2.05) is 17.2 Å². The summed E-state index contributed by atoms with van der Waals surface area (Å²) in [7, 11) is 2.10. The van der Waals surface area contributed by atoms with E-state index in [9.17, 15) is 4.79 Å². The second-order valence-corrected chi connectivity index (χ2v) is 11.4. The molecule has 2 aliphatic rings. The van der Waals surface area contributed by atoms with Crippen LogP contribution in [0.25, 0.3) is 11.0 Å². The van der Waals surface area contributed by atoms with Gasteiger partial charge < -0.3 is 19.9 Å². The molecule has 0 aromatic carbocycles. The molecule has 1 aliphatic carbocycles. The number of aromatic amines is 1. The van der Waals surface area contributed by atoms with Gasteiger partial charge in [0.05, 0.1) is 5.39 Å². The number of likely N-dealkylation sites (tertiary alicyclic amines) is 1. The molecule has 1 unspecified atom stereocenters. The normalized spacial score (nSPS) is 27.6. The van der Waals surface area contributed by atoms with Gasteiger partial charge in [0.15, 0.2) is 5.82 Å². The highest BCUT2D eigenvalue weighted by atomic mass is 127. The van der Waals surface area contributed by atoms with Crippen molar-refractivity contribution in [1.29, 1.82) is 0 Å². The van der Waals surface area contributed by atoms with Gasteiger partial charge in [-0.3, -0.25) is 5.32 Å². The molecule has 2 amide bonds. The lowest BCUT2D eigenvalue weighted by Crippen LogP contribution is -2.38. The summed E-state index contributed by atoms with van der Waals surface area (Å²) in [5.41, 5.74) is 0.834. The second-order valence-electron chi connectivity index (χ2n) is 8.60. The number of amides is 2. The molecule has 1 aliphatic heterocycles. The highest BCUT2D eigenvalue weighted by molar-refractivity contribution is 14.1. The number of aliphatic hydroxyl groups is 1. The van der Waals surface area contributed by atoms with E-state index < -0.39 is 0 Å². The van der Waals surface area contributed by atoms with Crippen LogP contribution in [0.4, 0.5) is 15.7 Å². The van der Waals surface area contributed by atoms with Crippen molar-refractivity contribution in [2.24, 2.45) is 5.41 Å². The molecule has 3 atom stereocenters. The van der Waals surface area contributed by atoms with Crippen molar-refractivity contribution in [3.63, 3.8) is 0 Å². The molecule has 4 heterocycles. The predicted octanol–water partition coefficient (Wildman–Crippen LogP) is 2.63. The van der Waals surface area contributed by atoms with Crippen molar-refractivity contribution in [2.45, 2.75) is 35.8 Å². The van der Waals surface area contributed by atoms with Gasteiger partial charge in [-0.25, -0.2) is 19.7 Å². The van der Waals surface area contributed by atoms with E-state index in [2.05, 4.69) is 71.1 Å². The van der Waals surface area contributed by atoms with Crippen molar-refractivity contribution in [1.82, 2.24) is 29.2 Å². The number of carbonyl (C=O) groups excluding carboxylic acids is 1. The fourth-order valence-corrected chi connectivity index (χ4v) is 6.79. The summed E-state index contributed by atoms with van der Waals surface area (Å²) in [6.45, 7) is 3.40. The highest BCUT2D eigenvalue weighted by Gasteiger charge is 2.61. The number of nitrogens with zero attached hydrogens (tertiary/aromatic N) is 6. The van der Waals surface area contributed by atoms with Crippen molar-refractivity contribution in [2.75, 3.05) is 30.4 Å². The minimum absolute atomic E-state index is 0.00843. The molecule has 31 heavy (non-hydrogen) atoms. The molecule has 0 bridgehead atoms. The quantitative estimate of drug-likeness (QED) is 0.335. The van der Waals surface area contributed by atoms with Crippen LogP contribution in [0.2, 0.25) is 0 Å². The monoisotopic (exact) mass is 554 g/mol. The third-order valence-electron chi connectivity index (χ3n) is 6.63. The van der Waals surface area contributed by atoms with Crippen LogP contribution in [-0.2, 0) is 6.61 Å². The number of nitrogens with one attached hydrogen (secondary N) is 2. The molecule has 12 heteroatoms. The lowest BCUT2D eigenvalue weighted by molar-refractivity contribution is 0.213. The number of carbonyl (C=O) groups is 1. The highest BCUT2D eigenvalue weighted by Crippen LogP contribution is 2.58. The summed E-state index contributed by atoms with van der Waals surface area (Å²) in [5, 5.41) is 13.4. The zero-order valence-electron chi connectivity index (χ0n) is 17.2. The van der Waals surface area contributed by atoms with E-state index in [1.54, 1.807) is 6.33 Å². The van der Waals surface area contributed by atoms with Gasteiger partial charge in [0.1, 0.15) is 24.4 Å². The number of urea groups is 1. The Hall–Kier alpha value is -2.06. The maximum Gasteiger partial charge on any atom is 0.323 e. The average molecular weight is 554 g/mol. The zero-order valence-corrected chi connectivity index (χ0v) is 20.1. The number of halogens is 1. The molecule has 0 radical (unpaired) electrons. The smallest absolute Gasteiger partial charge is 0.323 e. The molecule has 164 valence electrons. The van der Waals surface area contributed by atoms with Crippen LogP contribution in [-0.4, -0.2) is 69.9 Å². The number of anilines is 2. The van der Waals surface area contributed by atoms with E-state index in [0.29, 0.717) is 30.1 Å². The fourth-order valence-electron chi connectivity index (χ4n) is 4.91. The number of rotatable bonds is 4. The number of aliphatic hydroxyl groups excluding tert-OH is 1. The van der Waals surface area contributed by atoms with Crippen LogP contribution in [0.5, 0.6) is 0 Å². The molecule has 0 spiro atoms. The summed E-state index contributed by atoms with van der Waals surface area (Å²) in [4.78, 5) is 33.1. The third-order valence-corrected chi connectivity index (χ3v) is 9.39. The van der Waals surface area contributed by atoms with Gasteiger partial charge >= 0.3 is 6.03 Å². The predicted molar refractivity (Wildman–Crippen MR) is 127 cm³/mol. The van der Waals surface area contributed by atoms with Gasteiger partial charge in [-0.05, 0) is 18.9 Å². The average Bonchev–Trinajstić information content (AvgIpc) is 3.48. The molecule has 5 rings (SSSR count). The summed E-state index contributed by atoms with van der Waals surface area (Å²) < 4.78 is 3.98. The molecule has 1 saturated carbocycles. The molecule has 3 aromatic rings. The molecular weight excluding hydrogens is 531 g/mol. The summed E-state index contributed by atoms with van der Waals surface area (Å²) in [6.07, 6.45) is 5.43. The lowest BCUT2D eigenvalue weighted by Gasteiger charge is -2.29. The van der Waals surface area contributed by atoms with Gasteiger partial charge in [-0.2, -0.15) is 4.37 Å². The van der Waals surface area contributed by atoms with E-state index in [0.717, 1.165) is 41.2 Å². The van der Waals surface area contributed by atoms with E-state index in [1.165, 1.54) is 0 Å². The van der Waals surface area contributed by atoms with Crippen molar-refractivity contribution < 1.29 is 9.90 Å². The summed E-state index contributed by atoms with van der Waals surface area (Å²) in [6, 6.07) is 2.18. The van der Waals surface area contributed by atoms with Gasteiger partial charge in [0.25, 0.3) is 0 Å². The number of H-pyrrole nitrogens is 1. The van der Waals surface area contributed by atoms with Crippen molar-refractivity contribution in [3.8, 4) is 0 Å². The first kappa shape index (κ1) is 20.8. The number of hydrogen-bond acceptors (Lipinski definition) is 8. The molecule has 2 fully saturated rings. The Bertz CT molecular complexity index is 1120. The maximum absolute atomic E-state index is 12.8. The molecule has 3 aromatic heterocycles. The Kier molecular flexibility index (Phi) is 5.05. The summed E-state index contributed by atoms with van der Waals surface area (Å²) in [5.74, 6) is 1.26. The van der Waals surface area contributed by atoms with E-state index in [-0.39, 0.29) is 21.5 Å². The standard InChI is InChI=1S/C19H23IN8O2S/c1-18-5-11(27(2)15-12-3-4-21-14(12)22-10-23-15)6-19(18,20)9-28(8-18)17(30)25-16-24-13(7-29)26-31-16/h3-4,10-11,29H,5-9H2,1-2H3,(H,21,22,23)(H,24,25,26,30)/t11?,18-,19-/m0/s1. The second kappa shape index (κ2) is 7.52. The summed E-state index contributed by atoms with van der Waals surface area (Å²) >= 11 is 3.64. The first-order valence-corrected chi connectivity index (χ1v) is 11.9. The van der Waals surface area contributed by atoms with Crippen LogP contribution in [0.3, 0.4) is 0 Å². The van der Waals surface area contributed by atoms with Gasteiger partial charge in [0.2, 0.25) is 5.13 Å². The van der Waals surface area contributed by atoms with Crippen LogP contribution in [0.1, 0.15) is 25.6 Å². The maximum atomic E-state index is 12.8. The number of hydrogen-bond donors (Lipinski definition) is 3. The molecule has 1 saturated heterocycles. The molecule has 3 N–H and O–H groups in total. The van der Waals surface area contributed by atoms with E-state index >= 15 is 0 Å². The Labute approximate surface area is 196 Å². The Morgan fingerprint density at radius 3 is 3.03 bits per heavy atom.